The van der Waals surface area contributed by atoms with Gasteiger partial charge in [0.1, 0.15) is 19.0 Å². The number of nitrogens with one attached hydrogen (secondary N) is 1. The minimum Gasteiger partial charge on any atom is -0.486 e. The van der Waals surface area contributed by atoms with E-state index in [1.165, 1.54) is 0 Å². The van der Waals surface area contributed by atoms with Crippen molar-refractivity contribution in [3.63, 3.8) is 0 Å². The fourth-order valence-corrected chi connectivity index (χ4v) is 2.45. The van der Waals surface area contributed by atoms with Crippen molar-refractivity contribution >= 4 is 11.7 Å². The molecule has 1 aromatic heterocycles. The summed E-state index contributed by atoms with van der Waals surface area (Å²) < 4.78 is 11.1. The number of carbonyl (C=O) groups excluding carboxylic acids is 1. The quantitative estimate of drug-likeness (QED) is 0.908. The molecule has 0 atom stereocenters. The maximum absolute atomic E-state index is 12.1. The molecule has 2 aromatic rings. The number of rotatable bonds is 5. The van der Waals surface area contributed by atoms with Gasteiger partial charge in [-0.15, -0.1) is 0 Å². The van der Waals surface area contributed by atoms with Crippen molar-refractivity contribution in [2.75, 3.05) is 38.8 Å². The predicted molar refractivity (Wildman–Crippen MR) is 92.0 cm³/mol. The molecule has 1 aliphatic rings. The number of ether oxygens (including phenoxy) is 2. The Balaban J connectivity index is 1.53. The lowest BCUT2D eigenvalue weighted by Gasteiger charge is -2.18. The molecule has 1 N–H and O–H groups in total. The van der Waals surface area contributed by atoms with Gasteiger partial charge >= 0.3 is 0 Å². The topological polar surface area (TPSA) is 63.7 Å². The third kappa shape index (κ3) is 3.76. The van der Waals surface area contributed by atoms with E-state index in [0.29, 0.717) is 25.3 Å². The van der Waals surface area contributed by atoms with E-state index >= 15 is 0 Å². The minimum atomic E-state index is -0.120. The van der Waals surface area contributed by atoms with E-state index < -0.39 is 0 Å². The molecule has 0 saturated heterocycles. The van der Waals surface area contributed by atoms with Crippen molar-refractivity contribution in [1.82, 2.24) is 10.3 Å². The van der Waals surface area contributed by atoms with Gasteiger partial charge in [-0.1, -0.05) is 6.07 Å². The van der Waals surface area contributed by atoms with Gasteiger partial charge in [0, 0.05) is 26.8 Å². The van der Waals surface area contributed by atoms with E-state index in [4.69, 9.17) is 9.47 Å². The van der Waals surface area contributed by atoms with Gasteiger partial charge in [0.15, 0.2) is 11.5 Å². The molecule has 0 spiro atoms. The largest absolute Gasteiger partial charge is 0.486 e. The number of benzene rings is 1. The molecule has 0 aliphatic carbocycles. The van der Waals surface area contributed by atoms with Gasteiger partial charge in [0.2, 0.25) is 0 Å². The summed E-state index contributed by atoms with van der Waals surface area (Å²) in [4.78, 5) is 18.3. The molecule has 6 heteroatoms. The second kappa shape index (κ2) is 7.21. The van der Waals surface area contributed by atoms with Crippen LogP contribution in [-0.2, 0) is 6.42 Å². The zero-order valence-electron chi connectivity index (χ0n) is 13.9. The average molecular weight is 327 g/mol. The molecule has 3 rings (SSSR count). The van der Waals surface area contributed by atoms with Crippen LogP contribution in [0.1, 0.15) is 15.9 Å². The monoisotopic (exact) mass is 327 g/mol. The number of carbonyl (C=O) groups is 1. The SMILES string of the molecule is CN(C)c1ccc(C(=O)NCCc2ccc3c(c2)OCCO3)cn1. The zero-order chi connectivity index (χ0) is 16.9. The summed E-state index contributed by atoms with van der Waals surface area (Å²) in [6.07, 6.45) is 2.32. The van der Waals surface area contributed by atoms with E-state index in [1.807, 2.05) is 43.3 Å². The smallest absolute Gasteiger partial charge is 0.252 e. The molecule has 0 radical (unpaired) electrons. The molecule has 6 nitrogen and oxygen atoms in total. The first-order chi connectivity index (χ1) is 11.6. The molecule has 0 fully saturated rings. The van der Waals surface area contributed by atoms with Crippen LogP contribution in [0.2, 0.25) is 0 Å². The first kappa shape index (κ1) is 16.1. The molecular formula is C18H21N3O3. The standard InChI is InChI=1S/C18H21N3O3/c1-21(2)17-6-4-14(12-20-17)18(22)19-8-7-13-3-5-15-16(11-13)24-10-9-23-15/h3-6,11-12H,7-10H2,1-2H3,(H,19,22). The van der Waals surface area contributed by atoms with Crippen LogP contribution in [0.3, 0.4) is 0 Å². The highest BCUT2D eigenvalue weighted by Gasteiger charge is 2.12. The number of hydrogen-bond donors (Lipinski definition) is 1. The van der Waals surface area contributed by atoms with Crippen molar-refractivity contribution in [3.8, 4) is 11.5 Å². The molecule has 0 unspecified atom stereocenters. The minimum absolute atomic E-state index is 0.120. The molecule has 1 amide bonds. The lowest BCUT2D eigenvalue weighted by Crippen LogP contribution is -2.26. The molecule has 24 heavy (non-hydrogen) atoms. The van der Waals surface area contributed by atoms with Crippen molar-refractivity contribution < 1.29 is 14.3 Å². The molecule has 0 bridgehead atoms. The molecule has 0 saturated carbocycles. The highest BCUT2D eigenvalue weighted by Crippen LogP contribution is 2.30. The van der Waals surface area contributed by atoms with Gasteiger partial charge in [-0.3, -0.25) is 4.79 Å². The number of aromatic nitrogens is 1. The van der Waals surface area contributed by atoms with Crippen LogP contribution in [0.4, 0.5) is 5.82 Å². The van der Waals surface area contributed by atoms with E-state index in [0.717, 1.165) is 29.3 Å². The van der Waals surface area contributed by atoms with Crippen molar-refractivity contribution in [3.05, 3.63) is 47.7 Å². The Hall–Kier alpha value is -2.76. The second-order valence-electron chi connectivity index (χ2n) is 5.78. The van der Waals surface area contributed by atoms with Gasteiger partial charge in [0.05, 0.1) is 5.56 Å². The zero-order valence-corrected chi connectivity index (χ0v) is 13.9. The first-order valence-corrected chi connectivity index (χ1v) is 7.93. The van der Waals surface area contributed by atoms with Crippen molar-refractivity contribution in [1.29, 1.82) is 0 Å². The Kier molecular flexibility index (Phi) is 4.84. The number of pyridine rings is 1. The van der Waals surface area contributed by atoms with Crippen LogP contribution in [0.15, 0.2) is 36.5 Å². The molecule has 2 heterocycles. The lowest BCUT2D eigenvalue weighted by atomic mass is 10.1. The van der Waals surface area contributed by atoms with E-state index in [2.05, 4.69) is 10.3 Å². The maximum atomic E-state index is 12.1. The molecule has 1 aliphatic heterocycles. The fraction of sp³-hybridized carbons (Fsp3) is 0.333. The molecule has 126 valence electrons. The number of fused-ring (bicyclic) bond motifs is 1. The summed E-state index contributed by atoms with van der Waals surface area (Å²) >= 11 is 0. The predicted octanol–water partition coefficient (Wildman–Crippen LogP) is 1.89. The normalized spacial score (nSPS) is 12.6. The fourth-order valence-electron chi connectivity index (χ4n) is 2.45. The maximum Gasteiger partial charge on any atom is 0.252 e. The number of nitrogens with zero attached hydrogens (tertiary/aromatic N) is 2. The van der Waals surface area contributed by atoms with Crippen LogP contribution >= 0.6 is 0 Å². The summed E-state index contributed by atoms with van der Waals surface area (Å²) in [5.74, 6) is 2.25. The average Bonchev–Trinajstić information content (AvgIpc) is 2.61. The Morgan fingerprint density at radius 1 is 1.17 bits per heavy atom. The van der Waals surface area contributed by atoms with Gasteiger partial charge in [-0.05, 0) is 36.2 Å². The first-order valence-electron chi connectivity index (χ1n) is 7.93. The van der Waals surface area contributed by atoms with Crippen molar-refractivity contribution in [2.24, 2.45) is 0 Å². The third-order valence-electron chi connectivity index (χ3n) is 3.77. The van der Waals surface area contributed by atoms with E-state index in [9.17, 15) is 4.79 Å². The Bertz CT molecular complexity index is 714. The summed E-state index contributed by atoms with van der Waals surface area (Å²) in [6.45, 7) is 1.71. The Labute approximate surface area is 141 Å². The van der Waals surface area contributed by atoms with Crippen molar-refractivity contribution in [2.45, 2.75) is 6.42 Å². The summed E-state index contributed by atoms with van der Waals surface area (Å²) in [5.41, 5.74) is 1.66. The molecule has 1 aromatic carbocycles. The van der Waals surface area contributed by atoms with Crippen LogP contribution in [0.5, 0.6) is 11.5 Å². The summed E-state index contributed by atoms with van der Waals surface area (Å²) in [7, 11) is 3.82. The number of amides is 1. The summed E-state index contributed by atoms with van der Waals surface area (Å²) in [6, 6.07) is 9.48. The van der Waals surface area contributed by atoms with E-state index in [-0.39, 0.29) is 5.91 Å². The molecular weight excluding hydrogens is 306 g/mol. The van der Waals surface area contributed by atoms with Crippen LogP contribution in [0.25, 0.3) is 0 Å². The van der Waals surface area contributed by atoms with Crippen LogP contribution in [-0.4, -0.2) is 44.7 Å². The third-order valence-corrected chi connectivity index (χ3v) is 3.77. The Morgan fingerprint density at radius 2 is 1.96 bits per heavy atom. The Morgan fingerprint density at radius 3 is 2.67 bits per heavy atom. The highest BCUT2D eigenvalue weighted by molar-refractivity contribution is 5.94. The lowest BCUT2D eigenvalue weighted by molar-refractivity contribution is 0.0954. The van der Waals surface area contributed by atoms with Gasteiger partial charge in [-0.25, -0.2) is 4.98 Å². The van der Waals surface area contributed by atoms with Gasteiger partial charge < -0.3 is 19.7 Å². The number of anilines is 1. The van der Waals surface area contributed by atoms with Crippen LogP contribution in [0, 0.1) is 0 Å². The summed E-state index contributed by atoms with van der Waals surface area (Å²) in [5, 5.41) is 2.91. The number of hydrogen-bond acceptors (Lipinski definition) is 5. The van der Waals surface area contributed by atoms with Gasteiger partial charge in [-0.2, -0.15) is 0 Å². The van der Waals surface area contributed by atoms with Gasteiger partial charge in [0.25, 0.3) is 5.91 Å². The second-order valence-corrected chi connectivity index (χ2v) is 5.78. The van der Waals surface area contributed by atoms with E-state index in [1.54, 1.807) is 12.3 Å². The highest BCUT2D eigenvalue weighted by atomic mass is 16.6. The van der Waals surface area contributed by atoms with Crippen LogP contribution < -0.4 is 19.7 Å².